The lowest BCUT2D eigenvalue weighted by molar-refractivity contribution is 0.477. The van der Waals surface area contributed by atoms with Crippen LogP contribution in [0.5, 0.6) is 5.75 Å². The Bertz CT molecular complexity index is 778. The van der Waals surface area contributed by atoms with E-state index < -0.39 is 0 Å². The maximum absolute atomic E-state index is 10.3. The Morgan fingerprint density at radius 1 is 0.952 bits per heavy atom. The number of hydrogen-bond acceptors (Lipinski definition) is 2. The van der Waals surface area contributed by atoms with Crippen molar-refractivity contribution in [1.82, 2.24) is 0 Å². The largest absolute Gasteiger partial charge is 0.507 e. The summed E-state index contributed by atoms with van der Waals surface area (Å²) < 4.78 is 0. The van der Waals surface area contributed by atoms with Gasteiger partial charge in [0.05, 0.1) is 0 Å². The zero-order valence-corrected chi connectivity index (χ0v) is 12.4. The zero-order chi connectivity index (χ0) is 14.8. The van der Waals surface area contributed by atoms with Crippen LogP contribution in [0.3, 0.4) is 0 Å². The summed E-state index contributed by atoms with van der Waals surface area (Å²) in [6, 6.07) is 18.5. The Labute approximate surface area is 125 Å². The van der Waals surface area contributed by atoms with Crippen LogP contribution in [0.15, 0.2) is 54.6 Å². The molecule has 0 aliphatic carbocycles. The number of anilines is 1. The predicted octanol–water partition coefficient (Wildman–Crippen LogP) is 4.77. The smallest absolute Gasteiger partial charge is 0.126 e. The molecule has 0 atom stereocenters. The van der Waals surface area contributed by atoms with E-state index in [2.05, 4.69) is 35.6 Å². The second-order valence-electron chi connectivity index (χ2n) is 5.44. The number of phenols is 1. The summed E-state index contributed by atoms with van der Waals surface area (Å²) in [6.45, 7) is 4.75. The summed E-state index contributed by atoms with van der Waals surface area (Å²) in [7, 11) is 0. The van der Waals surface area contributed by atoms with Crippen molar-refractivity contribution >= 4 is 16.5 Å². The number of benzene rings is 3. The topological polar surface area (TPSA) is 32.3 Å². The molecule has 106 valence electrons. The molecule has 0 heterocycles. The number of nitrogens with one attached hydrogen (secondary N) is 1. The van der Waals surface area contributed by atoms with E-state index in [4.69, 9.17) is 0 Å². The maximum atomic E-state index is 10.3. The van der Waals surface area contributed by atoms with Crippen LogP contribution in [0.25, 0.3) is 10.8 Å². The molecule has 2 N–H and O–H groups in total. The third-order valence-corrected chi connectivity index (χ3v) is 3.97. The summed E-state index contributed by atoms with van der Waals surface area (Å²) in [5, 5.41) is 15.7. The molecule has 2 nitrogen and oxygen atoms in total. The van der Waals surface area contributed by atoms with E-state index in [0.717, 1.165) is 34.1 Å². The molecule has 0 amide bonds. The fourth-order valence-electron chi connectivity index (χ4n) is 2.53. The fourth-order valence-corrected chi connectivity index (χ4v) is 2.53. The van der Waals surface area contributed by atoms with Gasteiger partial charge in [-0.3, -0.25) is 0 Å². The van der Waals surface area contributed by atoms with E-state index in [0.29, 0.717) is 5.75 Å². The van der Waals surface area contributed by atoms with Crippen molar-refractivity contribution in [2.45, 2.75) is 20.4 Å². The quantitative estimate of drug-likeness (QED) is 0.722. The minimum Gasteiger partial charge on any atom is -0.507 e. The molecule has 0 saturated heterocycles. The van der Waals surface area contributed by atoms with E-state index in [9.17, 15) is 5.11 Å². The molecule has 0 saturated carbocycles. The lowest BCUT2D eigenvalue weighted by atomic mass is 10.0. The Kier molecular flexibility index (Phi) is 3.53. The molecule has 0 aromatic heterocycles. The Hall–Kier alpha value is -2.48. The molecule has 0 aliphatic rings. The first-order valence-electron chi connectivity index (χ1n) is 7.16. The Morgan fingerprint density at radius 3 is 2.48 bits per heavy atom. The van der Waals surface area contributed by atoms with Crippen molar-refractivity contribution in [3.63, 3.8) is 0 Å². The van der Waals surface area contributed by atoms with Crippen LogP contribution < -0.4 is 5.32 Å². The normalized spacial score (nSPS) is 10.8. The van der Waals surface area contributed by atoms with Gasteiger partial charge in [-0.1, -0.05) is 42.5 Å². The molecule has 2 heteroatoms. The second-order valence-corrected chi connectivity index (χ2v) is 5.44. The molecule has 0 radical (unpaired) electrons. The van der Waals surface area contributed by atoms with E-state index in [1.807, 2.05) is 38.1 Å². The van der Waals surface area contributed by atoms with Gasteiger partial charge in [0.15, 0.2) is 0 Å². The van der Waals surface area contributed by atoms with Gasteiger partial charge < -0.3 is 10.4 Å². The average Bonchev–Trinajstić information content (AvgIpc) is 2.52. The van der Waals surface area contributed by atoms with Gasteiger partial charge in [-0.15, -0.1) is 0 Å². The number of hydrogen-bond donors (Lipinski definition) is 2. The first-order valence-corrected chi connectivity index (χ1v) is 7.16. The number of phenolic OH excluding ortho intramolecular Hbond substituents is 1. The highest BCUT2D eigenvalue weighted by molar-refractivity contribution is 5.92. The van der Waals surface area contributed by atoms with E-state index >= 15 is 0 Å². The van der Waals surface area contributed by atoms with Gasteiger partial charge in [-0.05, 0) is 48.1 Å². The molecule has 3 aromatic carbocycles. The number of fused-ring (bicyclic) bond motifs is 1. The van der Waals surface area contributed by atoms with Crippen molar-refractivity contribution in [3.8, 4) is 5.75 Å². The fraction of sp³-hybridized carbons (Fsp3) is 0.158. The minimum absolute atomic E-state index is 0.383. The molecule has 0 fully saturated rings. The lowest BCUT2D eigenvalue weighted by Gasteiger charge is -2.11. The van der Waals surface area contributed by atoms with Crippen molar-refractivity contribution in [2.75, 3.05) is 5.32 Å². The number of aryl methyl sites for hydroxylation is 1. The van der Waals surface area contributed by atoms with Gasteiger partial charge in [0, 0.05) is 17.6 Å². The van der Waals surface area contributed by atoms with Crippen molar-refractivity contribution in [2.24, 2.45) is 0 Å². The highest BCUT2D eigenvalue weighted by Gasteiger charge is 2.07. The molecule has 0 bridgehead atoms. The van der Waals surface area contributed by atoms with Crippen molar-refractivity contribution in [1.29, 1.82) is 0 Å². The van der Waals surface area contributed by atoms with Crippen LogP contribution in [0.4, 0.5) is 5.69 Å². The molecular formula is C19H19NO. The van der Waals surface area contributed by atoms with E-state index in [1.165, 1.54) is 5.56 Å². The average molecular weight is 277 g/mol. The highest BCUT2D eigenvalue weighted by atomic mass is 16.3. The van der Waals surface area contributed by atoms with Gasteiger partial charge >= 0.3 is 0 Å². The number of rotatable bonds is 3. The monoisotopic (exact) mass is 277 g/mol. The van der Waals surface area contributed by atoms with Crippen LogP contribution in [-0.2, 0) is 6.54 Å². The summed E-state index contributed by atoms with van der Waals surface area (Å²) >= 11 is 0. The van der Waals surface area contributed by atoms with Crippen LogP contribution in [-0.4, -0.2) is 5.11 Å². The molecule has 0 unspecified atom stereocenters. The molecule has 3 aromatic rings. The summed E-state index contributed by atoms with van der Waals surface area (Å²) in [4.78, 5) is 0. The lowest BCUT2D eigenvalue weighted by Crippen LogP contribution is -1.99. The molecule has 3 rings (SSSR count). The van der Waals surface area contributed by atoms with Gasteiger partial charge in [0.1, 0.15) is 5.75 Å². The Morgan fingerprint density at radius 2 is 1.71 bits per heavy atom. The second kappa shape index (κ2) is 5.49. The standard InChI is InChI=1S/C19H19NO/c1-13-10-16-8-9-17(11-18(16)19(21)14(13)2)20-12-15-6-4-3-5-7-15/h3-11,20-21H,12H2,1-2H3. The van der Waals surface area contributed by atoms with E-state index in [-0.39, 0.29) is 0 Å². The third kappa shape index (κ3) is 2.70. The van der Waals surface area contributed by atoms with Crippen LogP contribution >= 0.6 is 0 Å². The zero-order valence-electron chi connectivity index (χ0n) is 12.4. The van der Waals surface area contributed by atoms with Gasteiger partial charge in [0.25, 0.3) is 0 Å². The minimum atomic E-state index is 0.383. The maximum Gasteiger partial charge on any atom is 0.126 e. The first-order chi connectivity index (χ1) is 10.1. The predicted molar refractivity (Wildman–Crippen MR) is 88.9 cm³/mol. The summed E-state index contributed by atoms with van der Waals surface area (Å²) in [5.74, 6) is 0.383. The van der Waals surface area contributed by atoms with Crippen LogP contribution in [0, 0.1) is 13.8 Å². The molecule has 21 heavy (non-hydrogen) atoms. The third-order valence-electron chi connectivity index (χ3n) is 3.97. The SMILES string of the molecule is Cc1cc2ccc(NCc3ccccc3)cc2c(O)c1C. The van der Waals surface area contributed by atoms with Gasteiger partial charge in [0.2, 0.25) is 0 Å². The van der Waals surface area contributed by atoms with Crippen molar-refractivity contribution < 1.29 is 5.11 Å². The van der Waals surface area contributed by atoms with Crippen LogP contribution in [0.2, 0.25) is 0 Å². The van der Waals surface area contributed by atoms with Crippen LogP contribution in [0.1, 0.15) is 16.7 Å². The van der Waals surface area contributed by atoms with Gasteiger partial charge in [-0.25, -0.2) is 0 Å². The first kappa shape index (κ1) is 13.5. The highest BCUT2D eigenvalue weighted by Crippen LogP contribution is 2.32. The number of aromatic hydroxyl groups is 1. The van der Waals surface area contributed by atoms with Crippen molar-refractivity contribution in [3.05, 3.63) is 71.3 Å². The van der Waals surface area contributed by atoms with E-state index in [1.54, 1.807) is 0 Å². The molecular weight excluding hydrogens is 258 g/mol. The molecule has 0 aliphatic heterocycles. The summed E-state index contributed by atoms with van der Waals surface area (Å²) in [6.07, 6.45) is 0. The summed E-state index contributed by atoms with van der Waals surface area (Å²) in [5.41, 5.74) is 4.32. The molecule has 0 spiro atoms. The Balaban J connectivity index is 1.90. The van der Waals surface area contributed by atoms with Gasteiger partial charge in [-0.2, -0.15) is 0 Å².